The summed E-state index contributed by atoms with van der Waals surface area (Å²) < 4.78 is 2.34. The van der Waals surface area contributed by atoms with Crippen LogP contribution in [0.1, 0.15) is 142 Å². The highest BCUT2D eigenvalue weighted by Gasteiger charge is 2.21. The maximum Gasteiger partial charge on any atom is 0.223 e. The molecular formula is C31H53N3O. The molecule has 0 aliphatic heterocycles. The van der Waals surface area contributed by atoms with Crippen LogP contribution in [-0.2, 0) is 11.3 Å². The molecule has 4 nitrogen and oxygen atoms in total. The molecule has 0 saturated heterocycles. The minimum absolute atomic E-state index is 0.0813. The number of imidazole rings is 1. The van der Waals surface area contributed by atoms with Gasteiger partial charge in [0.25, 0.3) is 0 Å². The molecule has 2 aromatic rings. The number of benzene rings is 1. The number of hydrogen-bond donors (Lipinski definition) is 1. The van der Waals surface area contributed by atoms with Crippen molar-refractivity contribution in [2.75, 3.05) is 0 Å². The Kier molecular flexibility index (Phi) is 14.8. The number of hydrogen-bond acceptors (Lipinski definition) is 2. The van der Waals surface area contributed by atoms with Crippen molar-refractivity contribution in [1.29, 1.82) is 0 Å². The van der Waals surface area contributed by atoms with Crippen molar-refractivity contribution in [3.63, 3.8) is 0 Å². The summed E-state index contributed by atoms with van der Waals surface area (Å²) >= 11 is 0. The van der Waals surface area contributed by atoms with Crippen LogP contribution in [-0.4, -0.2) is 15.5 Å². The third-order valence-corrected chi connectivity index (χ3v) is 7.52. The molecule has 1 amide bonds. The smallest absolute Gasteiger partial charge is 0.223 e. The summed E-state index contributed by atoms with van der Waals surface area (Å²) in [4.78, 5) is 17.6. The van der Waals surface area contributed by atoms with Gasteiger partial charge >= 0.3 is 0 Å². The van der Waals surface area contributed by atoms with Crippen molar-refractivity contribution in [2.45, 2.75) is 143 Å². The Bertz CT molecular complexity index is 824. The fraction of sp³-hybridized carbons (Fsp3) is 0.742. The first kappa shape index (κ1) is 29.4. The summed E-state index contributed by atoms with van der Waals surface area (Å²) in [7, 11) is 0. The van der Waals surface area contributed by atoms with Gasteiger partial charge < -0.3 is 9.88 Å². The largest absolute Gasteiger partial charge is 0.346 e. The first-order valence-electron chi connectivity index (χ1n) is 14.9. The highest BCUT2D eigenvalue weighted by atomic mass is 16.1. The van der Waals surface area contributed by atoms with Gasteiger partial charge in [-0.25, -0.2) is 4.98 Å². The average Bonchev–Trinajstić information content (AvgIpc) is 3.23. The number of carbonyl (C=O) groups excluding carboxylic acids is 1. The zero-order valence-corrected chi connectivity index (χ0v) is 23.3. The minimum atomic E-state index is -0.0813. The maximum atomic E-state index is 12.7. The zero-order chi connectivity index (χ0) is 25.3. The lowest BCUT2D eigenvalue weighted by atomic mass is 10.0. The van der Waals surface area contributed by atoms with E-state index >= 15 is 0 Å². The van der Waals surface area contributed by atoms with Gasteiger partial charge in [-0.2, -0.15) is 0 Å². The van der Waals surface area contributed by atoms with E-state index in [0.717, 1.165) is 30.7 Å². The average molecular weight is 484 g/mol. The van der Waals surface area contributed by atoms with E-state index in [-0.39, 0.29) is 17.9 Å². The van der Waals surface area contributed by atoms with Crippen molar-refractivity contribution in [1.82, 2.24) is 14.9 Å². The standard InChI is InChI=1S/C31H53N3O/c1-5-8-9-10-11-12-13-14-15-16-17-18-19-22-25-34-29-24-21-20-23-28(29)33-30(34)26(4)32-31(35)27(6-2)7-3/h20-21,23-24,26-27H,5-19,22,25H2,1-4H3,(H,32,35). The van der Waals surface area contributed by atoms with Crippen LogP contribution in [0.15, 0.2) is 24.3 Å². The van der Waals surface area contributed by atoms with Crippen LogP contribution < -0.4 is 5.32 Å². The van der Waals surface area contributed by atoms with E-state index < -0.39 is 0 Å². The molecule has 1 heterocycles. The lowest BCUT2D eigenvalue weighted by Crippen LogP contribution is -2.33. The predicted octanol–water partition coefficient (Wildman–Crippen LogP) is 9.13. The van der Waals surface area contributed by atoms with Crippen LogP contribution in [0, 0.1) is 5.92 Å². The lowest BCUT2D eigenvalue weighted by Gasteiger charge is -2.19. The number of para-hydroxylation sites is 2. The Hall–Kier alpha value is -1.84. The number of nitrogens with one attached hydrogen (secondary N) is 1. The van der Waals surface area contributed by atoms with E-state index in [1.807, 2.05) is 6.07 Å². The fourth-order valence-electron chi connectivity index (χ4n) is 5.18. The Balaban J connectivity index is 1.72. The lowest BCUT2D eigenvalue weighted by molar-refractivity contribution is -0.125. The molecule has 35 heavy (non-hydrogen) atoms. The molecule has 198 valence electrons. The van der Waals surface area contributed by atoms with E-state index in [9.17, 15) is 4.79 Å². The monoisotopic (exact) mass is 483 g/mol. The summed E-state index contributed by atoms with van der Waals surface area (Å²) in [6, 6.07) is 8.29. The molecule has 0 aliphatic carbocycles. The molecule has 4 heteroatoms. The fourth-order valence-corrected chi connectivity index (χ4v) is 5.18. The van der Waals surface area contributed by atoms with Gasteiger partial charge in [0.1, 0.15) is 5.82 Å². The predicted molar refractivity (Wildman–Crippen MR) is 151 cm³/mol. The van der Waals surface area contributed by atoms with E-state index in [2.05, 4.69) is 55.8 Å². The summed E-state index contributed by atoms with van der Waals surface area (Å²) in [6.45, 7) is 9.50. The Morgan fingerprint density at radius 1 is 0.800 bits per heavy atom. The molecule has 0 bridgehead atoms. The quantitative estimate of drug-likeness (QED) is 0.191. The molecule has 1 N–H and O–H groups in total. The molecule has 1 aromatic carbocycles. The van der Waals surface area contributed by atoms with Gasteiger partial charge in [0.15, 0.2) is 0 Å². The molecule has 1 unspecified atom stereocenters. The summed E-state index contributed by atoms with van der Waals surface area (Å²) in [5, 5.41) is 3.23. The van der Waals surface area contributed by atoms with Gasteiger partial charge in [-0.1, -0.05) is 116 Å². The normalized spacial score (nSPS) is 12.5. The van der Waals surface area contributed by atoms with Crippen LogP contribution in [0.25, 0.3) is 11.0 Å². The van der Waals surface area contributed by atoms with Crippen LogP contribution in [0.4, 0.5) is 0 Å². The van der Waals surface area contributed by atoms with Crippen molar-refractivity contribution in [3.8, 4) is 0 Å². The highest BCUT2D eigenvalue weighted by Crippen LogP contribution is 2.23. The molecule has 2 rings (SSSR count). The number of aromatic nitrogens is 2. The van der Waals surface area contributed by atoms with Crippen molar-refractivity contribution in [2.24, 2.45) is 5.92 Å². The second-order valence-corrected chi connectivity index (χ2v) is 10.5. The van der Waals surface area contributed by atoms with Gasteiger partial charge in [-0.05, 0) is 38.3 Å². The van der Waals surface area contributed by atoms with Gasteiger partial charge in [0.2, 0.25) is 5.91 Å². The first-order valence-corrected chi connectivity index (χ1v) is 14.9. The van der Waals surface area contributed by atoms with Crippen LogP contribution in [0.5, 0.6) is 0 Å². The Labute approximate surface area is 215 Å². The van der Waals surface area contributed by atoms with Crippen LogP contribution in [0.3, 0.4) is 0 Å². The van der Waals surface area contributed by atoms with E-state index in [0.29, 0.717) is 0 Å². The van der Waals surface area contributed by atoms with Gasteiger partial charge in [0.05, 0.1) is 17.1 Å². The van der Waals surface area contributed by atoms with Gasteiger partial charge in [0, 0.05) is 12.5 Å². The van der Waals surface area contributed by atoms with Gasteiger partial charge in [-0.15, -0.1) is 0 Å². The molecule has 1 aromatic heterocycles. The van der Waals surface area contributed by atoms with E-state index in [1.54, 1.807) is 0 Å². The number of carbonyl (C=O) groups is 1. The number of fused-ring (bicyclic) bond motifs is 1. The molecule has 0 spiro atoms. The van der Waals surface area contributed by atoms with E-state index in [4.69, 9.17) is 4.98 Å². The number of amides is 1. The van der Waals surface area contributed by atoms with E-state index in [1.165, 1.54) is 95.4 Å². The minimum Gasteiger partial charge on any atom is -0.346 e. The topological polar surface area (TPSA) is 46.9 Å². The highest BCUT2D eigenvalue weighted by molar-refractivity contribution is 5.79. The Morgan fingerprint density at radius 2 is 1.31 bits per heavy atom. The molecule has 0 aliphatic rings. The van der Waals surface area contributed by atoms with Crippen LogP contribution in [0.2, 0.25) is 0 Å². The number of nitrogens with zero attached hydrogens (tertiary/aromatic N) is 2. The third-order valence-electron chi connectivity index (χ3n) is 7.52. The molecule has 0 fully saturated rings. The van der Waals surface area contributed by atoms with Gasteiger partial charge in [-0.3, -0.25) is 4.79 Å². The zero-order valence-electron chi connectivity index (χ0n) is 23.3. The number of unbranched alkanes of at least 4 members (excludes halogenated alkanes) is 13. The number of aryl methyl sites for hydroxylation is 1. The third kappa shape index (κ3) is 10.4. The second-order valence-electron chi connectivity index (χ2n) is 10.5. The molecule has 0 saturated carbocycles. The number of rotatable bonds is 20. The first-order chi connectivity index (χ1) is 17.1. The molecule has 1 atom stereocenters. The second kappa shape index (κ2) is 17.6. The van der Waals surface area contributed by atoms with Crippen molar-refractivity contribution >= 4 is 16.9 Å². The maximum absolute atomic E-state index is 12.7. The van der Waals surface area contributed by atoms with Crippen molar-refractivity contribution < 1.29 is 4.79 Å². The van der Waals surface area contributed by atoms with Crippen molar-refractivity contribution in [3.05, 3.63) is 30.1 Å². The molecular weight excluding hydrogens is 430 g/mol. The summed E-state index contributed by atoms with van der Waals surface area (Å²) in [5.74, 6) is 1.22. The molecule has 0 radical (unpaired) electrons. The summed E-state index contributed by atoms with van der Waals surface area (Å²) in [6.07, 6.45) is 21.0. The SMILES string of the molecule is CCCCCCCCCCCCCCCCn1c(C(C)NC(=O)C(CC)CC)nc2ccccc21. The Morgan fingerprint density at radius 3 is 1.86 bits per heavy atom. The van der Waals surface area contributed by atoms with Crippen LogP contribution >= 0.6 is 0 Å². The summed E-state index contributed by atoms with van der Waals surface area (Å²) in [5.41, 5.74) is 2.21.